The molecule has 33 heavy (non-hydrogen) atoms. The molecule has 1 N–H and O–H groups in total. The maximum atomic E-state index is 12.9. The van der Waals surface area contributed by atoms with Gasteiger partial charge in [-0.3, -0.25) is 9.59 Å². The van der Waals surface area contributed by atoms with Gasteiger partial charge < -0.3 is 10.1 Å². The number of nitrogens with one attached hydrogen (secondary N) is 1. The van der Waals surface area contributed by atoms with Crippen molar-refractivity contribution in [3.05, 3.63) is 59.7 Å². The van der Waals surface area contributed by atoms with Crippen molar-refractivity contribution in [2.24, 2.45) is 0 Å². The zero-order chi connectivity index (χ0) is 23.7. The van der Waals surface area contributed by atoms with Crippen LogP contribution in [0.25, 0.3) is 0 Å². The van der Waals surface area contributed by atoms with E-state index < -0.39 is 10.0 Å². The van der Waals surface area contributed by atoms with Gasteiger partial charge in [-0.25, -0.2) is 8.42 Å². The highest BCUT2D eigenvalue weighted by Crippen LogP contribution is 2.21. The third kappa shape index (κ3) is 6.88. The second-order valence-corrected chi connectivity index (χ2v) is 10.1. The van der Waals surface area contributed by atoms with Gasteiger partial charge in [0.05, 0.1) is 17.6 Å². The molecule has 1 heterocycles. The first kappa shape index (κ1) is 24.9. The Hall–Kier alpha value is -2.71. The average Bonchev–Trinajstić information content (AvgIpc) is 3.13. The van der Waals surface area contributed by atoms with E-state index in [9.17, 15) is 18.0 Å². The Morgan fingerprint density at radius 3 is 2.27 bits per heavy atom. The van der Waals surface area contributed by atoms with E-state index in [0.717, 1.165) is 31.2 Å². The zero-order valence-electron chi connectivity index (χ0n) is 19.1. The third-order valence-electron chi connectivity index (χ3n) is 5.85. The van der Waals surface area contributed by atoms with Crippen LogP contribution in [-0.2, 0) is 21.2 Å². The van der Waals surface area contributed by atoms with Crippen molar-refractivity contribution in [3.8, 4) is 5.75 Å². The van der Waals surface area contributed by atoms with Gasteiger partial charge in [-0.15, -0.1) is 0 Å². The second kappa shape index (κ2) is 12.0. The largest absolute Gasteiger partial charge is 0.496 e. The molecule has 1 saturated heterocycles. The summed E-state index contributed by atoms with van der Waals surface area (Å²) in [4.78, 5) is 24.8. The number of carbonyl (C=O) groups is 2. The summed E-state index contributed by atoms with van der Waals surface area (Å²) in [6.45, 7) is 1.57. The molecular weight excluding hydrogens is 440 g/mol. The minimum Gasteiger partial charge on any atom is -0.496 e. The number of rotatable bonds is 10. The molecule has 0 aromatic heterocycles. The molecule has 2 aromatic rings. The Labute approximate surface area is 196 Å². The maximum Gasteiger partial charge on any atom is 0.243 e. The van der Waals surface area contributed by atoms with Gasteiger partial charge in [0.2, 0.25) is 15.9 Å². The first-order valence-corrected chi connectivity index (χ1v) is 12.9. The predicted molar refractivity (Wildman–Crippen MR) is 127 cm³/mol. The van der Waals surface area contributed by atoms with Crippen LogP contribution in [0.1, 0.15) is 54.4 Å². The molecule has 0 unspecified atom stereocenters. The Balaban J connectivity index is 1.45. The molecule has 0 saturated carbocycles. The molecule has 8 heteroatoms. The minimum atomic E-state index is -3.46. The molecule has 2 aromatic carbocycles. The Bertz CT molecular complexity index is 1040. The lowest BCUT2D eigenvalue weighted by molar-refractivity contribution is -0.121. The van der Waals surface area contributed by atoms with Gasteiger partial charge in [-0.05, 0) is 49.1 Å². The van der Waals surface area contributed by atoms with Gasteiger partial charge in [0, 0.05) is 32.5 Å². The summed E-state index contributed by atoms with van der Waals surface area (Å²) in [7, 11) is -1.95. The van der Waals surface area contributed by atoms with E-state index in [1.807, 2.05) is 0 Å². The lowest BCUT2D eigenvalue weighted by atomic mass is 10.1. The smallest absolute Gasteiger partial charge is 0.243 e. The quantitative estimate of drug-likeness (QED) is 0.534. The van der Waals surface area contributed by atoms with E-state index in [1.165, 1.54) is 7.11 Å². The number of ether oxygens (including phenoxy) is 1. The van der Waals surface area contributed by atoms with Crippen molar-refractivity contribution in [2.75, 3.05) is 26.7 Å². The molecule has 178 valence electrons. The lowest BCUT2D eigenvalue weighted by Crippen LogP contribution is -2.31. The molecule has 0 aliphatic carbocycles. The first-order valence-electron chi connectivity index (χ1n) is 11.4. The monoisotopic (exact) mass is 472 g/mol. The van der Waals surface area contributed by atoms with Gasteiger partial charge in [0.1, 0.15) is 5.75 Å². The number of hydrogen-bond acceptors (Lipinski definition) is 5. The Morgan fingerprint density at radius 1 is 0.939 bits per heavy atom. The van der Waals surface area contributed by atoms with E-state index in [0.29, 0.717) is 42.3 Å². The fourth-order valence-corrected chi connectivity index (χ4v) is 5.45. The van der Waals surface area contributed by atoms with Crippen LogP contribution in [0.3, 0.4) is 0 Å². The van der Waals surface area contributed by atoms with Crippen molar-refractivity contribution in [2.45, 2.75) is 49.8 Å². The predicted octanol–water partition coefficient (Wildman–Crippen LogP) is 3.58. The summed E-state index contributed by atoms with van der Waals surface area (Å²) < 4.78 is 32.5. The molecule has 0 radical (unpaired) electrons. The first-order chi connectivity index (χ1) is 15.9. The summed E-state index contributed by atoms with van der Waals surface area (Å²) in [5.41, 5.74) is 1.42. The van der Waals surface area contributed by atoms with Gasteiger partial charge in [0.15, 0.2) is 5.78 Å². The lowest BCUT2D eigenvalue weighted by Gasteiger charge is -2.20. The molecule has 0 bridgehead atoms. The van der Waals surface area contributed by atoms with Crippen LogP contribution in [0.15, 0.2) is 53.4 Å². The fourth-order valence-electron chi connectivity index (χ4n) is 3.93. The van der Waals surface area contributed by atoms with Crippen molar-refractivity contribution in [1.82, 2.24) is 9.62 Å². The topological polar surface area (TPSA) is 92.8 Å². The molecule has 7 nitrogen and oxygen atoms in total. The molecule has 1 aliphatic heterocycles. The molecule has 0 spiro atoms. The number of Topliss-reactive ketones (excluding diaryl/α,β-unsaturated/α-hetero) is 1. The van der Waals surface area contributed by atoms with E-state index in [2.05, 4.69) is 5.32 Å². The molecule has 1 fully saturated rings. The van der Waals surface area contributed by atoms with Gasteiger partial charge in [-0.1, -0.05) is 37.1 Å². The van der Waals surface area contributed by atoms with Gasteiger partial charge >= 0.3 is 0 Å². The van der Waals surface area contributed by atoms with Gasteiger partial charge in [-0.2, -0.15) is 4.31 Å². The zero-order valence-corrected chi connectivity index (χ0v) is 19.9. The van der Waals surface area contributed by atoms with Crippen LogP contribution >= 0.6 is 0 Å². The van der Waals surface area contributed by atoms with Crippen LogP contribution in [-0.4, -0.2) is 51.2 Å². The molecular formula is C25H32N2O5S. The van der Waals surface area contributed by atoms with Crippen LogP contribution in [0.2, 0.25) is 0 Å². The van der Waals surface area contributed by atoms with Crippen molar-refractivity contribution >= 4 is 21.7 Å². The van der Waals surface area contributed by atoms with E-state index in [4.69, 9.17) is 4.74 Å². The molecule has 0 atom stereocenters. The average molecular weight is 473 g/mol. The van der Waals surface area contributed by atoms with E-state index in [1.54, 1.807) is 52.8 Å². The molecule has 3 rings (SSSR count). The van der Waals surface area contributed by atoms with E-state index >= 15 is 0 Å². The fraction of sp³-hybridized carbons (Fsp3) is 0.440. The highest BCUT2D eigenvalue weighted by Gasteiger charge is 2.24. The van der Waals surface area contributed by atoms with Crippen molar-refractivity contribution < 1.29 is 22.7 Å². The van der Waals surface area contributed by atoms with Gasteiger partial charge in [0.25, 0.3) is 0 Å². The highest BCUT2D eigenvalue weighted by molar-refractivity contribution is 7.89. The van der Waals surface area contributed by atoms with E-state index in [-0.39, 0.29) is 24.5 Å². The molecule has 1 amide bonds. The van der Waals surface area contributed by atoms with Crippen LogP contribution in [0.5, 0.6) is 5.75 Å². The molecule has 1 aliphatic rings. The number of amides is 1. The maximum absolute atomic E-state index is 12.9. The summed E-state index contributed by atoms with van der Waals surface area (Å²) >= 11 is 0. The Morgan fingerprint density at radius 2 is 1.61 bits per heavy atom. The van der Waals surface area contributed by atoms with Crippen LogP contribution < -0.4 is 10.1 Å². The summed E-state index contributed by atoms with van der Waals surface area (Å²) in [5, 5.41) is 2.82. The summed E-state index contributed by atoms with van der Waals surface area (Å²) in [5.74, 6) is 0.173. The number of ketones is 1. The number of hydrogen-bond donors (Lipinski definition) is 1. The second-order valence-electron chi connectivity index (χ2n) is 8.19. The number of methoxy groups -OCH3 is 1. The van der Waals surface area contributed by atoms with Crippen LogP contribution in [0.4, 0.5) is 0 Å². The van der Waals surface area contributed by atoms with Crippen molar-refractivity contribution in [1.29, 1.82) is 0 Å². The minimum absolute atomic E-state index is 0.101. The normalized spacial score (nSPS) is 14.9. The number of para-hydroxylation sites is 1. The number of sulfonamides is 1. The number of nitrogens with zero attached hydrogens (tertiary/aromatic N) is 1. The summed E-state index contributed by atoms with van der Waals surface area (Å²) in [6, 6.07) is 13.8. The highest BCUT2D eigenvalue weighted by atomic mass is 32.2. The third-order valence-corrected chi connectivity index (χ3v) is 7.76. The number of carbonyl (C=O) groups excluding carboxylic acids is 2. The van der Waals surface area contributed by atoms with Crippen LogP contribution in [0, 0.1) is 0 Å². The standard InChI is InChI=1S/C25H32N2O5S/c1-32-24-9-5-4-8-22(24)23(28)14-15-25(29)26-17-16-20-10-12-21(13-11-20)33(30,31)27-18-6-2-3-7-19-27/h4-5,8-13H,2-3,6-7,14-19H2,1H3,(H,26,29). The SMILES string of the molecule is COc1ccccc1C(=O)CCC(=O)NCCc1ccc(S(=O)(=O)N2CCCCCC2)cc1. The summed E-state index contributed by atoms with van der Waals surface area (Å²) in [6.07, 6.45) is 4.75. The van der Waals surface area contributed by atoms with Crippen molar-refractivity contribution in [3.63, 3.8) is 0 Å². The number of benzene rings is 2. The Kier molecular flexibility index (Phi) is 9.03.